The van der Waals surface area contributed by atoms with Gasteiger partial charge in [0.25, 0.3) is 0 Å². The molecule has 0 amide bonds. The normalized spacial score (nSPS) is 12.1. The Morgan fingerprint density at radius 2 is 2.04 bits per heavy atom. The maximum absolute atomic E-state index is 10.9. The first-order valence-corrected chi connectivity index (χ1v) is 9.26. The van der Waals surface area contributed by atoms with Gasteiger partial charge in [0, 0.05) is 40.5 Å². The molecule has 0 radical (unpaired) electrons. The number of benzene rings is 2. The topological polar surface area (TPSA) is 112 Å². The number of fused-ring (bicyclic) bond motifs is 1. The smallest absolute Gasteiger partial charge is 0.469 e. The zero-order chi connectivity index (χ0) is 18.7. The molecule has 0 atom stereocenters. The van der Waals surface area contributed by atoms with E-state index in [0.29, 0.717) is 16.8 Å². The number of phenolic OH excluding ortho intramolecular Hbond substituents is 1. The van der Waals surface area contributed by atoms with Gasteiger partial charge in [-0.3, -0.25) is 14.5 Å². The Morgan fingerprint density at radius 1 is 1.23 bits per heavy atom. The first-order valence-electron chi connectivity index (χ1n) is 7.73. The van der Waals surface area contributed by atoms with Gasteiger partial charge in [0.05, 0.1) is 12.3 Å². The number of aliphatic imine (C=N–C) groups is 1. The minimum Gasteiger partial charge on any atom is -0.507 e. The largest absolute Gasteiger partial charge is 0.507 e. The molecule has 0 aliphatic heterocycles. The van der Waals surface area contributed by atoms with Crippen LogP contribution in [0.5, 0.6) is 5.75 Å². The summed E-state index contributed by atoms with van der Waals surface area (Å²) < 4.78 is 15.4. The third-order valence-electron chi connectivity index (χ3n) is 3.88. The molecule has 1 heterocycles. The lowest BCUT2D eigenvalue weighted by Crippen LogP contribution is -1.97. The third-order valence-corrected chi connectivity index (χ3v) is 4.34. The van der Waals surface area contributed by atoms with Crippen molar-refractivity contribution < 1.29 is 24.0 Å². The minimum absolute atomic E-state index is 0.191. The lowest BCUT2D eigenvalue weighted by Gasteiger charge is -2.08. The summed E-state index contributed by atoms with van der Waals surface area (Å²) in [6.45, 7) is 1.63. The number of aromatic nitrogens is 1. The van der Waals surface area contributed by atoms with Crippen LogP contribution in [0.15, 0.2) is 53.8 Å². The van der Waals surface area contributed by atoms with Crippen molar-refractivity contribution in [3.63, 3.8) is 0 Å². The van der Waals surface area contributed by atoms with Gasteiger partial charge in [-0.2, -0.15) is 0 Å². The van der Waals surface area contributed by atoms with Crippen LogP contribution in [0.25, 0.3) is 10.8 Å². The highest BCUT2D eigenvalue weighted by atomic mass is 31.2. The molecular weight excluding hydrogens is 355 g/mol. The summed E-state index contributed by atoms with van der Waals surface area (Å²) in [5.74, 6) is 0.191. The lowest BCUT2D eigenvalue weighted by molar-refractivity contribution is 0.189. The Hall–Kier alpha value is -2.57. The van der Waals surface area contributed by atoms with Gasteiger partial charge < -0.3 is 14.9 Å². The summed E-state index contributed by atoms with van der Waals surface area (Å²) >= 11 is 0. The number of hydrogen-bond acceptors (Lipinski definition) is 5. The molecule has 0 unspecified atom stereocenters. The summed E-state index contributed by atoms with van der Waals surface area (Å²) in [7, 11) is -4.57. The van der Waals surface area contributed by atoms with Gasteiger partial charge in [0.1, 0.15) is 5.75 Å². The molecule has 7 nitrogen and oxygen atoms in total. The number of rotatable bonds is 5. The molecule has 0 fully saturated rings. The summed E-state index contributed by atoms with van der Waals surface area (Å²) in [5, 5.41) is 11.6. The Bertz CT molecular complexity index is 1020. The number of phosphoric ester groups is 1. The van der Waals surface area contributed by atoms with E-state index in [0.717, 1.165) is 16.3 Å². The maximum Gasteiger partial charge on any atom is 0.469 e. The highest BCUT2D eigenvalue weighted by molar-refractivity contribution is 7.46. The molecule has 0 saturated heterocycles. The van der Waals surface area contributed by atoms with Crippen molar-refractivity contribution in [2.75, 3.05) is 0 Å². The van der Waals surface area contributed by atoms with Gasteiger partial charge in [0.2, 0.25) is 0 Å². The van der Waals surface area contributed by atoms with E-state index in [-0.39, 0.29) is 12.4 Å². The van der Waals surface area contributed by atoms with E-state index in [1.54, 1.807) is 30.6 Å². The fraction of sp³-hybridized carbons (Fsp3) is 0.111. The van der Waals surface area contributed by atoms with E-state index in [1.807, 2.05) is 25.1 Å². The Kier molecular flexibility index (Phi) is 5.15. The van der Waals surface area contributed by atoms with E-state index in [4.69, 9.17) is 9.79 Å². The minimum atomic E-state index is -4.57. The van der Waals surface area contributed by atoms with Crippen LogP contribution in [0.3, 0.4) is 0 Å². The number of aromatic hydroxyl groups is 1. The highest BCUT2D eigenvalue weighted by Gasteiger charge is 2.15. The molecule has 8 heteroatoms. The van der Waals surface area contributed by atoms with Gasteiger partial charge in [-0.25, -0.2) is 4.57 Å². The number of aryl methyl sites for hydroxylation is 1. The summed E-state index contributed by atoms with van der Waals surface area (Å²) in [5.41, 5.74) is 2.73. The summed E-state index contributed by atoms with van der Waals surface area (Å²) in [6, 6.07) is 10.7. The van der Waals surface area contributed by atoms with Crippen LogP contribution in [0.4, 0.5) is 5.69 Å². The molecule has 134 valence electrons. The molecule has 3 rings (SSSR count). The predicted molar refractivity (Wildman–Crippen MR) is 98.7 cm³/mol. The van der Waals surface area contributed by atoms with Gasteiger partial charge in [-0.15, -0.1) is 0 Å². The summed E-state index contributed by atoms with van der Waals surface area (Å²) in [6.07, 6.45) is 4.60. The average Bonchev–Trinajstić information content (AvgIpc) is 2.59. The van der Waals surface area contributed by atoms with E-state index >= 15 is 0 Å². The SMILES string of the molecule is Cc1cccc2c(N=Cc3ccncc3COP(=O)(O)O)ccc(O)c12. The van der Waals surface area contributed by atoms with Crippen LogP contribution in [-0.4, -0.2) is 26.1 Å². The first kappa shape index (κ1) is 18.2. The number of pyridine rings is 1. The number of phosphoric acid groups is 1. The van der Waals surface area contributed by atoms with Gasteiger partial charge in [-0.05, 0) is 30.7 Å². The predicted octanol–water partition coefficient (Wildman–Crippen LogP) is 3.61. The molecule has 26 heavy (non-hydrogen) atoms. The molecular formula is C18H17N2O5P. The average molecular weight is 372 g/mol. The molecule has 2 aromatic carbocycles. The second-order valence-corrected chi connectivity index (χ2v) is 6.94. The quantitative estimate of drug-likeness (QED) is 0.466. The van der Waals surface area contributed by atoms with Crippen LogP contribution in [0, 0.1) is 6.92 Å². The fourth-order valence-electron chi connectivity index (χ4n) is 2.64. The van der Waals surface area contributed by atoms with E-state index in [2.05, 4.69) is 14.5 Å². The van der Waals surface area contributed by atoms with Crippen LogP contribution < -0.4 is 0 Å². The zero-order valence-corrected chi connectivity index (χ0v) is 14.8. The fourth-order valence-corrected chi connectivity index (χ4v) is 2.95. The second kappa shape index (κ2) is 7.35. The van der Waals surface area contributed by atoms with Crippen molar-refractivity contribution in [1.82, 2.24) is 4.98 Å². The zero-order valence-electron chi connectivity index (χ0n) is 13.9. The van der Waals surface area contributed by atoms with Crippen LogP contribution >= 0.6 is 7.82 Å². The molecule has 0 spiro atoms. The van der Waals surface area contributed by atoms with Crippen molar-refractivity contribution in [2.24, 2.45) is 4.99 Å². The Morgan fingerprint density at radius 3 is 2.81 bits per heavy atom. The van der Waals surface area contributed by atoms with Crippen molar-refractivity contribution >= 4 is 30.5 Å². The van der Waals surface area contributed by atoms with E-state index in [9.17, 15) is 9.67 Å². The molecule has 0 aliphatic carbocycles. The van der Waals surface area contributed by atoms with Crippen molar-refractivity contribution in [1.29, 1.82) is 0 Å². The van der Waals surface area contributed by atoms with Crippen molar-refractivity contribution in [3.8, 4) is 5.75 Å². The molecule has 3 aromatic rings. The van der Waals surface area contributed by atoms with Gasteiger partial charge in [-0.1, -0.05) is 18.2 Å². The molecule has 0 saturated carbocycles. The molecule has 0 aliphatic rings. The van der Waals surface area contributed by atoms with E-state index in [1.165, 1.54) is 6.20 Å². The van der Waals surface area contributed by atoms with Gasteiger partial charge >= 0.3 is 7.82 Å². The van der Waals surface area contributed by atoms with Crippen LogP contribution in [-0.2, 0) is 15.7 Å². The third kappa shape index (κ3) is 4.15. The van der Waals surface area contributed by atoms with Gasteiger partial charge in [0.15, 0.2) is 0 Å². The molecule has 3 N–H and O–H groups in total. The number of phenols is 1. The van der Waals surface area contributed by atoms with Crippen LogP contribution in [0.2, 0.25) is 0 Å². The number of nitrogens with zero attached hydrogens (tertiary/aromatic N) is 2. The Labute approximate surface area is 149 Å². The lowest BCUT2D eigenvalue weighted by atomic mass is 10.0. The van der Waals surface area contributed by atoms with Crippen molar-refractivity contribution in [2.45, 2.75) is 13.5 Å². The highest BCUT2D eigenvalue weighted by Crippen LogP contribution is 2.37. The van der Waals surface area contributed by atoms with Crippen molar-refractivity contribution in [3.05, 3.63) is 65.5 Å². The number of hydrogen-bond donors (Lipinski definition) is 3. The maximum atomic E-state index is 10.9. The summed E-state index contributed by atoms with van der Waals surface area (Å²) in [4.78, 5) is 26.1. The van der Waals surface area contributed by atoms with Crippen LogP contribution in [0.1, 0.15) is 16.7 Å². The standard InChI is InChI=1S/C18H17N2O5P/c1-12-3-2-4-15-16(5-6-17(21)18(12)15)20-10-13-7-8-19-9-14(13)11-25-26(22,23)24/h2-10,21H,11H2,1H3,(H2,22,23,24). The van der Waals surface area contributed by atoms with E-state index < -0.39 is 7.82 Å². The second-order valence-electron chi connectivity index (χ2n) is 5.70. The first-order chi connectivity index (χ1) is 12.3. The Balaban J connectivity index is 1.97. The molecule has 1 aromatic heterocycles. The molecule has 0 bridgehead atoms. The monoisotopic (exact) mass is 372 g/mol.